The second-order valence-corrected chi connectivity index (χ2v) is 9.42. The van der Waals surface area contributed by atoms with Gasteiger partial charge in [0.2, 0.25) is 4.87 Å². The van der Waals surface area contributed by atoms with Crippen LogP contribution in [0.2, 0.25) is 0 Å². The van der Waals surface area contributed by atoms with E-state index in [-0.39, 0.29) is 5.91 Å². The molecule has 1 saturated heterocycles. The molecule has 0 aliphatic carbocycles. The number of nitrogens with one attached hydrogen (secondary N) is 2. The van der Waals surface area contributed by atoms with Crippen molar-refractivity contribution in [2.24, 2.45) is 5.10 Å². The number of carbonyl (C=O) groups excluding carboxylic acids is 1. The molecule has 2 aromatic carbocycles. The topological polar surface area (TPSA) is 49.1 Å². The van der Waals surface area contributed by atoms with Crippen LogP contribution in [0.3, 0.4) is 0 Å². The number of benzene rings is 2. The van der Waals surface area contributed by atoms with Crippen molar-refractivity contribution < 1.29 is 9.69 Å². The highest BCUT2D eigenvalue weighted by Gasteiger charge is 2.55. The van der Waals surface area contributed by atoms with Crippen LogP contribution in [0.1, 0.15) is 36.0 Å². The zero-order valence-electron chi connectivity index (χ0n) is 16.8. The third kappa shape index (κ3) is 3.24. The van der Waals surface area contributed by atoms with E-state index < -0.39 is 4.87 Å². The van der Waals surface area contributed by atoms with Gasteiger partial charge in [0.1, 0.15) is 5.04 Å². The van der Waals surface area contributed by atoms with E-state index in [1.54, 1.807) is 4.90 Å². The minimum atomic E-state index is -0.839. The summed E-state index contributed by atoms with van der Waals surface area (Å²) in [5.74, 6) is 0.103. The number of amides is 1. The van der Waals surface area contributed by atoms with Gasteiger partial charge in [-0.05, 0) is 32.3 Å². The summed E-state index contributed by atoms with van der Waals surface area (Å²) in [6.07, 6.45) is 3.95. The molecule has 2 N–H and O–H groups in total. The molecule has 0 unspecified atom stereocenters. The first-order valence-corrected chi connectivity index (χ1v) is 11.3. The SMILES string of the molecule is Cc1ccc(C2=NN[C@]3(S2)C(=O)N(CC[NH+]2CCCCC2)c2ccccc23)cc1. The van der Waals surface area contributed by atoms with Crippen molar-refractivity contribution in [2.45, 2.75) is 31.1 Å². The normalized spacial score (nSPS) is 24.0. The molecular weight excluding hydrogens is 380 g/mol. The standard InChI is InChI=1S/C23H26N4OS/c1-17-9-11-18(12-10-17)21-24-25-23(29-21)19-7-3-4-8-20(19)27(22(23)28)16-15-26-13-5-2-6-14-26/h3-4,7-12,25H,2,5-6,13-16H2,1H3/p+1/t23-/m1/s1. The highest BCUT2D eigenvalue weighted by atomic mass is 32.2. The molecule has 0 radical (unpaired) electrons. The zero-order chi connectivity index (χ0) is 19.8. The number of thioether (sulfide) groups is 1. The number of quaternary nitrogens is 1. The Kier molecular flexibility index (Phi) is 4.84. The molecule has 150 valence electrons. The van der Waals surface area contributed by atoms with Crippen LogP contribution in [-0.2, 0) is 9.67 Å². The van der Waals surface area contributed by atoms with Gasteiger partial charge in [-0.15, -0.1) is 0 Å². The summed E-state index contributed by atoms with van der Waals surface area (Å²) >= 11 is 1.54. The molecule has 3 aliphatic heterocycles. The van der Waals surface area contributed by atoms with Gasteiger partial charge in [0.15, 0.2) is 0 Å². The maximum atomic E-state index is 13.7. The predicted octanol–water partition coefficient (Wildman–Crippen LogP) is 2.26. The Bertz CT molecular complexity index is 952. The van der Waals surface area contributed by atoms with Gasteiger partial charge in [-0.2, -0.15) is 5.10 Å². The van der Waals surface area contributed by atoms with Crippen LogP contribution in [0, 0.1) is 6.92 Å². The second-order valence-electron chi connectivity index (χ2n) is 8.21. The summed E-state index contributed by atoms with van der Waals surface area (Å²) in [5, 5.41) is 5.45. The molecule has 1 spiro atoms. The molecular formula is C23H27N4OS+. The predicted molar refractivity (Wildman–Crippen MR) is 118 cm³/mol. The summed E-state index contributed by atoms with van der Waals surface area (Å²) in [7, 11) is 0. The number of carbonyl (C=O) groups is 1. The van der Waals surface area contributed by atoms with E-state index in [1.165, 1.54) is 49.7 Å². The second kappa shape index (κ2) is 7.50. The first-order chi connectivity index (χ1) is 14.2. The van der Waals surface area contributed by atoms with Crippen LogP contribution in [0.25, 0.3) is 0 Å². The third-order valence-electron chi connectivity index (χ3n) is 6.23. The molecule has 5 rings (SSSR count). The Morgan fingerprint density at radius 3 is 2.66 bits per heavy atom. The number of nitrogens with zero attached hydrogens (tertiary/aromatic N) is 2. The van der Waals surface area contributed by atoms with E-state index in [0.717, 1.165) is 34.9 Å². The minimum Gasteiger partial charge on any atom is -0.333 e. The Morgan fingerprint density at radius 2 is 1.86 bits per heavy atom. The number of hydrogen-bond donors (Lipinski definition) is 2. The number of rotatable bonds is 4. The van der Waals surface area contributed by atoms with E-state index >= 15 is 0 Å². The van der Waals surface area contributed by atoms with Crippen molar-refractivity contribution >= 4 is 28.4 Å². The minimum absolute atomic E-state index is 0.103. The number of hydrazone groups is 1. The molecule has 2 aromatic rings. The fourth-order valence-corrected chi connectivity index (χ4v) is 5.77. The Labute approximate surface area is 176 Å². The van der Waals surface area contributed by atoms with Gasteiger partial charge < -0.3 is 9.80 Å². The van der Waals surface area contributed by atoms with Crippen LogP contribution in [0.5, 0.6) is 0 Å². The maximum Gasteiger partial charge on any atom is 0.270 e. The Balaban J connectivity index is 1.39. The van der Waals surface area contributed by atoms with Crippen LogP contribution >= 0.6 is 11.8 Å². The number of hydrogen-bond acceptors (Lipinski definition) is 4. The van der Waals surface area contributed by atoms with Gasteiger partial charge in [-0.25, -0.2) is 0 Å². The summed E-state index contributed by atoms with van der Waals surface area (Å²) < 4.78 is 0. The monoisotopic (exact) mass is 407 g/mol. The fraction of sp³-hybridized carbons (Fsp3) is 0.391. The molecule has 6 heteroatoms. The lowest BCUT2D eigenvalue weighted by molar-refractivity contribution is -0.903. The largest absolute Gasteiger partial charge is 0.333 e. The Morgan fingerprint density at radius 1 is 1.10 bits per heavy atom. The summed E-state index contributed by atoms with van der Waals surface area (Å²) in [4.78, 5) is 16.4. The van der Waals surface area contributed by atoms with Crippen molar-refractivity contribution in [1.82, 2.24) is 5.43 Å². The quantitative estimate of drug-likeness (QED) is 0.818. The Hall–Kier alpha value is -2.31. The van der Waals surface area contributed by atoms with E-state index in [4.69, 9.17) is 0 Å². The molecule has 0 aromatic heterocycles. The van der Waals surface area contributed by atoms with Crippen LogP contribution < -0.4 is 15.2 Å². The summed E-state index contributed by atoms with van der Waals surface area (Å²) in [5.41, 5.74) is 7.53. The summed E-state index contributed by atoms with van der Waals surface area (Å²) in [6, 6.07) is 16.5. The lowest BCUT2D eigenvalue weighted by atomic mass is 10.1. The highest BCUT2D eigenvalue weighted by Crippen LogP contribution is 2.50. The van der Waals surface area contributed by atoms with Crippen molar-refractivity contribution in [3.05, 3.63) is 65.2 Å². The molecule has 5 nitrogen and oxygen atoms in total. The number of likely N-dealkylation sites (tertiary alicyclic amines) is 1. The number of anilines is 1. The molecule has 1 fully saturated rings. The zero-order valence-corrected chi connectivity index (χ0v) is 17.6. The average molecular weight is 408 g/mol. The first kappa shape index (κ1) is 18.7. The number of para-hydroxylation sites is 1. The smallest absolute Gasteiger partial charge is 0.270 e. The van der Waals surface area contributed by atoms with Gasteiger partial charge >= 0.3 is 0 Å². The lowest BCUT2D eigenvalue weighted by Gasteiger charge is -2.27. The summed E-state index contributed by atoms with van der Waals surface area (Å²) in [6.45, 7) is 6.29. The van der Waals surface area contributed by atoms with E-state index in [9.17, 15) is 4.79 Å². The average Bonchev–Trinajstić information content (AvgIpc) is 3.30. The number of aryl methyl sites for hydroxylation is 1. The van der Waals surface area contributed by atoms with E-state index in [1.807, 2.05) is 17.0 Å². The van der Waals surface area contributed by atoms with Gasteiger partial charge in [-0.3, -0.25) is 10.2 Å². The lowest BCUT2D eigenvalue weighted by Crippen LogP contribution is -3.13. The molecule has 1 amide bonds. The number of piperidine rings is 1. The van der Waals surface area contributed by atoms with Crippen molar-refractivity contribution in [3.8, 4) is 0 Å². The molecule has 29 heavy (non-hydrogen) atoms. The molecule has 1 atom stereocenters. The van der Waals surface area contributed by atoms with Crippen molar-refractivity contribution in [1.29, 1.82) is 0 Å². The van der Waals surface area contributed by atoms with Crippen LogP contribution in [0.15, 0.2) is 53.6 Å². The fourth-order valence-electron chi connectivity index (χ4n) is 4.56. The molecule has 3 aliphatic rings. The van der Waals surface area contributed by atoms with Crippen LogP contribution in [0.4, 0.5) is 5.69 Å². The molecule has 3 heterocycles. The highest BCUT2D eigenvalue weighted by molar-refractivity contribution is 8.16. The van der Waals surface area contributed by atoms with Crippen molar-refractivity contribution in [3.63, 3.8) is 0 Å². The van der Waals surface area contributed by atoms with Gasteiger partial charge in [0.05, 0.1) is 31.9 Å². The van der Waals surface area contributed by atoms with Gasteiger partial charge in [-0.1, -0.05) is 59.8 Å². The van der Waals surface area contributed by atoms with Crippen molar-refractivity contribution in [2.75, 3.05) is 31.1 Å². The maximum absolute atomic E-state index is 13.7. The third-order valence-corrected chi connectivity index (χ3v) is 7.55. The van der Waals surface area contributed by atoms with Crippen LogP contribution in [-0.4, -0.2) is 37.1 Å². The first-order valence-electron chi connectivity index (χ1n) is 10.5. The number of fused-ring (bicyclic) bond motifs is 2. The molecule has 0 saturated carbocycles. The molecule has 0 bridgehead atoms. The van der Waals surface area contributed by atoms with Gasteiger partial charge in [0.25, 0.3) is 5.91 Å². The van der Waals surface area contributed by atoms with Gasteiger partial charge in [0, 0.05) is 11.1 Å². The van der Waals surface area contributed by atoms with E-state index in [2.05, 4.69) is 53.8 Å². The van der Waals surface area contributed by atoms with E-state index in [0.29, 0.717) is 0 Å².